The van der Waals surface area contributed by atoms with Gasteiger partial charge in [-0.1, -0.05) is 74.0 Å². The molecule has 1 atom stereocenters. The van der Waals surface area contributed by atoms with Gasteiger partial charge in [0.25, 0.3) is 0 Å². The highest BCUT2D eigenvalue weighted by Crippen LogP contribution is 2.39. The van der Waals surface area contributed by atoms with E-state index in [4.69, 9.17) is 14.2 Å². The van der Waals surface area contributed by atoms with Crippen LogP contribution >= 0.6 is 11.8 Å². The van der Waals surface area contributed by atoms with Crippen molar-refractivity contribution in [2.75, 3.05) is 31.3 Å². The van der Waals surface area contributed by atoms with Crippen molar-refractivity contribution in [2.24, 2.45) is 5.41 Å². The predicted molar refractivity (Wildman–Crippen MR) is 123 cm³/mol. The van der Waals surface area contributed by atoms with E-state index in [-0.39, 0.29) is 23.7 Å². The molecule has 4 rings (SSSR count). The summed E-state index contributed by atoms with van der Waals surface area (Å²) in [5.74, 6) is -0.626. The Kier molecular flexibility index (Phi) is 6.60. The monoisotopic (exact) mass is 455 g/mol. The minimum Gasteiger partial charge on any atom is -0.446 e. The third-order valence-electron chi connectivity index (χ3n) is 5.73. The van der Waals surface area contributed by atoms with Crippen LogP contribution in [0.15, 0.2) is 54.6 Å². The summed E-state index contributed by atoms with van der Waals surface area (Å²) in [5, 5.41) is 0. The van der Waals surface area contributed by atoms with Crippen molar-refractivity contribution in [2.45, 2.75) is 32.6 Å². The van der Waals surface area contributed by atoms with Gasteiger partial charge in [0, 0.05) is 11.0 Å². The Morgan fingerprint density at radius 3 is 2.38 bits per heavy atom. The number of amides is 2. The van der Waals surface area contributed by atoms with Crippen molar-refractivity contribution >= 4 is 23.8 Å². The fourth-order valence-electron chi connectivity index (χ4n) is 3.81. The molecule has 2 amide bonds. The van der Waals surface area contributed by atoms with E-state index in [0.29, 0.717) is 19.0 Å². The first kappa shape index (κ1) is 22.8. The van der Waals surface area contributed by atoms with Gasteiger partial charge in [-0.15, -0.1) is 11.8 Å². The average Bonchev–Trinajstić information content (AvgIpc) is 3.18. The number of hydrogen-bond acceptors (Lipinski definition) is 6. The normalized spacial score (nSPS) is 21.9. The van der Waals surface area contributed by atoms with E-state index in [2.05, 4.69) is 13.8 Å². The molecule has 2 fully saturated rings. The van der Waals surface area contributed by atoms with Crippen LogP contribution in [0.1, 0.15) is 36.6 Å². The van der Waals surface area contributed by atoms with Crippen LogP contribution in [0.25, 0.3) is 0 Å². The molecule has 0 aliphatic carbocycles. The van der Waals surface area contributed by atoms with Crippen LogP contribution in [0.5, 0.6) is 0 Å². The quantitative estimate of drug-likeness (QED) is 0.631. The standard InChI is InChI=1S/C25H29NO5S/c1-18-9-11-20(12-10-18)25(30-15-24(2,3)16-31-25)17-32-14-22(27)26-21(13-29-23(26)28)19-7-5-4-6-8-19/h4-12,21H,13-17H2,1-3H3. The number of carbonyl (C=O) groups is 2. The number of aryl methyl sites for hydroxylation is 1. The molecule has 2 aromatic rings. The summed E-state index contributed by atoms with van der Waals surface area (Å²) in [7, 11) is 0. The molecule has 170 valence electrons. The van der Waals surface area contributed by atoms with E-state index in [1.54, 1.807) is 0 Å². The highest BCUT2D eigenvalue weighted by molar-refractivity contribution is 8.00. The number of carbonyl (C=O) groups excluding carboxylic acids is 2. The van der Waals surface area contributed by atoms with Crippen LogP contribution in [-0.2, 0) is 24.8 Å². The summed E-state index contributed by atoms with van der Waals surface area (Å²) in [5.41, 5.74) is 2.90. The molecule has 0 spiro atoms. The largest absolute Gasteiger partial charge is 0.446 e. The van der Waals surface area contributed by atoms with Crippen LogP contribution in [0, 0.1) is 12.3 Å². The van der Waals surface area contributed by atoms with Gasteiger partial charge in [-0.05, 0) is 12.5 Å². The first-order chi connectivity index (χ1) is 15.3. The van der Waals surface area contributed by atoms with Gasteiger partial charge in [0.2, 0.25) is 11.7 Å². The first-order valence-electron chi connectivity index (χ1n) is 10.8. The number of benzene rings is 2. The molecule has 32 heavy (non-hydrogen) atoms. The van der Waals surface area contributed by atoms with Gasteiger partial charge in [0.15, 0.2) is 0 Å². The molecule has 0 saturated carbocycles. The molecule has 2 aliphatic rings. The Morgan fingerprint density at radius 1 is 1.06 bits per heavy atom. The van der Waals surface area contributed by atoms with E-state index in [1.807, 2.05) is 61.5 Å². The van der Waals surface area contributed by atoms with Gasteiger partial charge in [-0.25, -0.2) is 9.69 Å². The summed E-state index contributed by atoms with van der Waals surface area (Å²) in [6, 6.07) is 17.2. The van der Waals surface area contributed by atoms with E-state index in [0.717, 1.165) is 16.7 Å². The van der Waals surface area contributed by atoms with Crippen LogP contribution in [0.4, 0.5) is 4.79 Å². The van der Waals surface area contributed by atoms with E-state index in [9.17, 15) is 9.59 Å². The highest BCUT2D eigenvalue weighted by atomic mass is 32.2. The van der Waals surface area contributed by atoms with Crippen molar-refractivity contribution in [3.63, 3.8) is 0 Å². The summed E-state index contributed by atoms with van der Waals surface area (Å²) < 4.78 is 17.7. The SMILES string of the molecule is Cc1ccc(C2(CSCC(=O)N3C(=O)OCC3c3ccccc3)OCC(C)(C)CO2)cc1. The molecule has 2 saturated heterocycles. The maximum atomic E-state index is 13.0. The summed E-state index contributed by atoms with van der Waals surface area (Å²) >= 11 is 1.40. The second-order valence-corrected chi connectivity index (χ2v) is 10.1. The molecule has 0 aromatic heterocycles. The molecule has 0 N–H and O–H groups in total. The van der Waals surface area contributed by atoms with Gasteiger partial charge in [-0.2, -0.15) is 0 Å². The number of cyclic esters (lactones) is 1. The maximum absolute atomic E-state index is 13.0. The lowest BCUT2D eigenvalue weighted by atomic mass is 9.93. The van der Waals surface area contributed by atoms with Gasteiger partial charge < -0.3 is 14.2 Å². The van der Waals surface area contributed by atoms with Gasteiger partial charge >= 0.3 is 6.09 Å². The number of nitrogens with zero attached hydrogens (tertiary/aromatic N) is 1. The van der Waals surface area contributed by atoms with Crippen molar-refractivity contribution in [1.29, 1.82) is 0 Å². The van der Waals surface area contributed by atoms with Crippen LogP contribution in [0.3, 0.4) is 0 Å². The third-order valence-corrected chi connectivity index (χ3v) is 6.76. The minimum atomic E-state index is -0.918. The number of rotatable bonds is 6. The predicted octanol–water partition coefficient (Wildman–Crippen LogP) is 4.67. The van der Waals surface area contributed by atoms with E-state index in [1.165, 1.54) is 16.7 Å². The van der Waals surface area contributed by atoms with Crippen molar-refractivity contribution in [1.82, 2.24) is 4.90 Å². The summed E-state index contributed by atoms with van der Waals surface area (Å²) in [4.78, 5) is 26.5. The van der Waals surface area contributed by atoms with Crippen LogP contribution in [0.2, 0.25) is 0 Å². The molecule has 7 heteroatoms. The Balaban J connectivity index is 1.45. The third kappa shape index (κ3) is 4.85. The fraction of sp³-hybridized carbons (Fsp3) is 0.440. The number of imide groups is 1. The van der Waals surface area contributed by atoms with Crippen molar-refractivity contribution in [3.8, 4) is 0 Å². The Labute approximate surface area is 193 Å². The zero-order chi connectivity index (χ0) is 22.8. The number of hydrogen-bond donors (Lipinski definition) is 0. The molecule has 0 bridgehead atoms. The fourth-order valence-corrected chi connectivity index (χ4v) is 4.83. The molecule has 0 radical (unpaired) electrons. The lowest BCUT2D eigenvalue weighted by Gasteiger charge is -2.43. The van der Waals surface area contributed by atoms with Gasteiger partial charge in [-0.3, -0.25) is 4.79 Å². The van der Waals surface area contributed by atoms with Gasteiger partial charge in [0.05, 0.1) is 24.7 Å². The lowest BCUT2D eigenvalue weighted by Crippen LogP contribution is -2.47. The minimum absolute atomic E-state index is 0.0725. The van der Waals surface area contributed by atoms with Gasteiger partial charge in [0.1, 0.15) is 12.6 Å². The van der Waals surface area contributed by atoms with Crippen molar-refractivity contribution in [3.05, 3.63) is 71.3 Å². The first-order valence-corrected chi connectivity index (χ1v) is 11.9. The zero-order valence-corrected chi connectivity index (χ0v) is 19.5. The Morgan fingerprint density at radius 2 is 1.72 bits per heavy atom. The molecular formula is C25H29NO5S. The van der Waals surface area contributed by atoms with Crippen LogP contribution < -0.4 is 0 Å². The second-order valence-electron chi connectivity index (χ2n) is 9.12. The second kappa shape index (κ2) is 9.25. The van der Waals surface area contributed by atoms with E-state index >= 15 is 0 Å². The highest BCUT2D eigenvalue weighted by Gasteiger charge is 2.43. The summed E-state index contributed by atoms with van der Waals surface area (Å²) in [6.45, 7) is 7.53. The molecular weight excluding hydrogens is 426 g/mol. The van der Waals surface area contributed by atoms with Crippen LogP contribution in [-0.4, -0.2) is 48.2 Å². The zero-order valence-electron chi connectivity index (χ0n) is 18.7. The molecule has 1 unspecified atom stereocenters. The maximum Gasteiger partial charge on any atom is 0.417 e. The van der Waals surface area contributed by atoms with E-state index < -0.39 is 17.9 Å². The smallest absolute Gasteiger partial charge is 0.417 e. The molecule has 2 heterocycles. The Hall–Kier alpha value is -2.35. The topological polar surface area (TPSA) is 65.1 Å². The lowest BCUT2D eigenvalue weighted by molar-refractivity contribution is -0.295. The number of ether oxygens (including phenoxy) is 3. The average molecular weight is 456 g/mol. The molecule has 6 nitrogen and oxygen atoms in total. The Bertz CT molecular complexity index is 950. The number of thioether (sulfide) groups is 1. The molecule has 2 aromatic carbocycles. The molecule has 2 aliphatic heterocycles. The van der Waals surface area contributed by atoms with Crippen molar-refractivity contribution < 1.29 is 23.8 Å². The summed E-state index contributed by atoms with van der Waals surface area (Å²) in [6.07, 6.45) is -0.593.